The van der Waals surface area contributed by atoms with Gasteiger partial charge in [-0.3, -0.25) is 4.79 Å². The van der Waals surface area contributed by atoms with Crippen LogP contribution < -0.4 is 24.4 Å². The molecule has 358 valence electrons. The Morgan fingerprint density at radius 3 is 2.13 bits per heavy atom. The average Bonchev–Trinajstić information content (AvgIpc) is 3.32. The van der Waals surface area contributed by atoms with Crippen molar-refractivity contribution in [3.63, 3.8) is 0 Å². The zero-order valence-corrected chi connectivity index (χ0v) is 36.2. The molecule has 1 fully saturated rings. The van der Waals surface area contributed by atoms with Crippen molar-refractivity contribution in [2.75, 3.05) is 20.8 Å². The van der Waals surface area contributed by atoms with Crippen molar-refractivity contribution in [3.8, 4) is 80.1 Å². The molecule has 0 bridgehead atoms. The predicted molar refractivity (Wildman–Crippen MR) is 239 cm³/mol. The van der Waals surface area contributed by atoms with Gasteiger partial charge in [0.2, 0.25) is 12.0 Å². The Balaban J connectivity index is 1.25. The molecule has 5 aromatic carbocycles. The molecule has 2 aliphatic rings. The SMILES string of the molecule is COc1cc(-c2oc3cc(=O)cc4oc(-c5c(O)cc(O)c6c5O[C@H](c5ccc(O)c(O)c5)[C@H](OC(=O)C=Cc5ccc(O)cc5)C6)cc(c2O[C@@H]2O[C@H](CO)[C@@H](O)[C@H](O)[C@H]2O)c43)cc(OC)c1O. The molecule has 4 heterocycles. The molecule has 0 unspecified atom stereocenters. The third kappa shape index (κ3) is 8.47. The Hall–Kier alpha value is -8.14. The number of benzene rings is 5. The number of rotatable bonds is 11. The summed E-state index contributed by atoms with van der Waals surface area (Å²) in [6, 6.07) is 17.0. The molecule has 69 heavy (non-hydrogen) atoms. The number of aliphatic hydroxyl groups excluding tert-OH is 4. The summed E-state index contributed by atoms with van der Waals surface area (Å²) >= 11 is 0. The molecule has 0 radical (unpaired) electrons. The van der Waals surface area contributed by atoms with Crippen LogP contribution in [0.15, 0.2) is 98.6 Å². The third-order valence-corrected chi connectivity index (χ3v) is 11.8. The van der Waals surface area contributed by atoms with Crippen molar-refractivity contribution in [3.05, 3.63) is 112 Å². The van der Waals surface area contributed by atoms with Gasteiger partial charge in [0.15, 0.2) is 46.0 Å². The molecule has 20 heteroatoms. The van der Waals surface area contributed by atoms with E-state index >= 15 is 0 Å². The standard InChI is InChI=1S/C49H42O20/c1-62-34-12-22(13-35(63-2)41(34)58)46-48(69-49-44(61)43(60)42(59)37(19-50)67-49)26-17-33(64-31-14-24(52)15-32(66-46)39(26)31)40-30(56)18-28(54)25-16-36(65-38(57)10-5-20-3-7-23(51)8-4-20)45(68-47(25)40)21-6-9-27(53)29(55)11-21/h3-15,17-18,36-37,42-45,49-51,53-56,58-61H,16,19H2,1-2H3/t36-,37-,42-,43+,44-,45-,49+/m1/s1. The van der Waals surface area contributed by atoms with Crippen LogP contribution in [-0.4, -0.2) is 115 Å². The number of phenols is 6. The molecular weight excluding hydrogens is 909 g/mol. The highest BCUT2D eigenvalue weighted by Gasteiger charge is 2.46. The lowest BCUT2D eigenvalue weighted by molar-refractivity contribution is -0.277. The Kier molecular flexibility index (Phi) is 12.1. The van der Waals surface area contributed by atoms with E-state index in [2.05, 4.69) is 0 Å². The van der Waals surface area contributed by atoms with Crippen molar-refractivity contribution < 1.29 is 93.1 Å². The van der Waals surface area contributed by atoms with E-state index in [-0.39, 0.29) is 90.9 Å². The third-order valence-electron chi connectivity index (χ3n) is 11.8. The number of hydrogen-bond acceptors (Lipinski definition) is 20. The van der Waals surface area contributed by atoms with E-state index in [0.717, 1.165) is 24.3 Å². The van der Waals surface area contributed by atoms with E-state index in [0.29, 0.717) is 5.56 Å². The maximum atomic E-state index is 13.4. The lowest BCUT2D eigenvalue weighted by atomic mass is 9.91. The zero-order chi connectivity index (χ0) is 49.0. The van der Waals surface area contributed by atoms with Crippen LogP contribution in [0.3, 0.4) is 0 Å². The minimum Gasteiger partial charge on any atom is -0.508 e. The van der Waals surface area contributed by atoms with Gasteiger partial charge in [0.25, 0.3) is 0 Å². The highest BCUT2D eigenvalue weighted by atomic mass is 16.7. The number of carbonyl (C=O) groups excluding carboxylic acids is 1. The second kappa shape index (κ2) is 18.2. The highest BCUT2D eigenvalue weighted by Crippen LogP contribution is 2.53. The monoisotopic (exact) mass is 950 g/mol. The van der Waals surface area contributed by atoms with Crippen molar-refractivity contribution in [1.82, 2.24) is 0 Å². The predicted octanol–water partition coefficient (Wildman–Crippen LogP) is 4.60. The Bertz CT molecular complexity index is 3180. The number of esters is 1. The number of aromatic hydroxyl groups is 6. The summed E-state index contributed by atoms with van der Waals surface area (Å²) in [5.74, 6) is -4.54. The number of phenolic OH excluding ortho intramolecular Hbond substituents is 6. The minimum atomic E-state index is -1.95. The molecule has 0 amide bonds. The highest BCUT2D eigenvalue weighted by molar-refractivity contribution is 6.10. The second-order valence-electron chi connectivity index (χ2n) is 16.1. The van der Waals surface area contributed by atoms with Crippen LogP contribution in [0, 0.1) is 0 Å². The quantitative estimate of drug-likeness (QED) is 0.0481. The lowest BCUT2D eigenvalue weighted by Crippen LogP contribution is -2.60. The molecule has 2 aliphatic heterocycles. The lowest BCUT2D eigenvalue weighted by Gasteiger charge is -2.39. The van der Waals surface area contributed by atoms with Gasteiger partial charge < -0.3 is 88.3 Å². The summed E-state index contributed by atoms with van der Waals surface area (Å²) in [7, 11) is 2.55. The molecule has 10 N–H and O–H groups in total. The number of ether oxygens (including phenoxy) is 6. The molecule has 20 nitrogen and oxygen atoms in total. The van der Waals surface area contributed by atoms with Gasteiger partial charge in [0.1, 0.15) is 76.0 Å². The number of methoxy groups -OCH3 is 2. The molecule has 0 aliphatic carbocycles. The first kappa shape index (κ1) is 46.0. The Morgan fingerprint density at radius 1 is 0.768 bits per heavy atom. The molecule has 0 saturated carbocycles. The molecule has 7 aromatic rings. The van der Waals surface area contributed by atoms with Gasteiger partial charge >= 0.3 is 5.97 Å². The smallest absolute Gasteiger partial charge is 0.331 e. The van der Waals surface area contributed by atoms with Crippen LogP contribution in [-0.2, 0) is 20.7 Å². The van der Waals surface area contributed by atoms with Gasteiger partial charge in [-0.15, -0.1) is 0 Å². The van der Waals surface area contributed by atoms with Crippen molar-refractivity contribution >= 4 is 34.0 Å². The molecule has 0 spiro atoms. The van der Waals surface area contributed by atoms with Crippen LogP contribution in [0.4, 0.5) is 0 Å². The first-order valence-corrected chi connectivity index (χ1v) is 21.0. The zero-order valence-electron chi connectivity index (χ0n) is 36.2. The van der Waals surface area contributed by atoms with Gasteiger partial charge in [-0.2, -0.15) is 0 Å². The normalized spacial score (nSPS) is 21.2. The first-order valence-electron chi connectivity index (χ1n) is 21.0. The van der Waals surface area contributed by atoms with Gasteiger partial charge in [-0.25, -0.2) is 4.79 Å². The minimum absolute atomic E-state index is 0.00482. The van der Waals surface area contributed by atoms with Crippen molar-refractivity contribution in [2.24, 2.45) is 0 Å². The fourth-order valence-corrected chi connectivity index (χ4v) is 8.33. The summed E-state index contributed by atoms with van der Waals surface area (Å²) in [4.78, 5) is 26.7. The molecular formula is C49H42O20. The van der Waals surface area contributed by atoms with Crippen LogP contribution in [0.25, 0.3) is 50.7 Å². The molecule has 9 rings (SSSR count). The summed E-state index contributed by atoms with van der Waals surface area (Å²) in [6.45, 7) is -0.806. The largest absolute Gasteiger partial charge is 0.508 e. The van der Waals surface area contributed by atoms with Gasteiger partial charge in [-0.05, 0) is 54.1 Å². The molecule has 1 saturated heterocycles. The first-order chi connectivity index (χ1) is 33.1. The molecule has 2 aromatic heterocycles. The van der Waals surface area contributed by atoms with Crippen LogP contribution in [0.2, 0.25) is 0 Å². The summed E-state index contributed by atoms with van der Waals surface area (Å²) < 4.78 is 48.0. The van der Waals surface area contributed by atoms with Crippen molar-refractivity contribution in [2.45, 2.75) is 49.3 Å². The van der Waals surface area contributed by atoms with E-state index in [1.165, 1.54) is 68.8 Å². The number of aliphatic hydroxyl groups is 4. The van der Waals surface area contributed by atoms with Crippen LogP contribution in [0.5, 0.6) is 57.5 Å². The van der Waals surface area contributed by atoms with E-state index < -0.39 is 89.7 Å². The average molecular weight is 951 g/mol. The number of carbonyl (C=O) groups is 1. The fraction of sp³-hybridized carbons (Fsp3) is 0.224. The Morgan fingerprint density at radius 2 is 1.46 bits per heavy atom. The second-order valence-corrected chi connectivity index (χ2v) is 16.1. The van der Waals surface area contributed by atoms with Gasteiger partial charge in [0, 0.05) is 52.8 Å². The fourth-order valence-electron chi connectivity index (χ4n) is 8.33. The summed E-state index contributed by atoms with van der Waals surface area (Å²) in [5, 5.41) is 107. The number of fused-ring (bicyclic) bond motifs is 1. The van der Waals surface area contributed by atoms with Crippen LogP contribution >= 0.6 is 0 Å². The maximum Gasteiger partial charge on any atom is 0.331 e. The number of hydrogen-bond donors (Lipinski definition) is 10. The maximum absolute atomic E-state index is 13.4. The summed E-state index contributed by atoms with van der Waals surface area (Å²) in [6.07, 6.45) is -9.10. The molecule has 7 atom stereocenters. The van der Waals surface area contributed by atoms with Gasteiger partial charge in [0.05, 0.1) is 26.2 Å². The van der Waals surface area contributed by atoms with E-state index in [4.69, 9.17) is 37.3 Å². The van der Waals surface area contributed by atoms with E-state index in [1.54, 1.807) is 12.1 Å². The Labute approximate surface area is 388 Å². The van der Waals surface area contributed by atoms with Crippen LogP contribution in [0.1, 0.15) is 22.8 Å². The van der Waals surface area contributed by atoms with Gasteiger partial charge in [-0.1, -0.05) is 18.2 Å². The van der Waals surface area contributed by atoms with Crippen molar-refractivity contribution in [1.29, 1.82) is 0 Å². The van der Waals surface area contributed by atoms with E-state index in [9.17, 15) is 60.7 Å². The topological polar surface area (TPSA) is 318 Å². The van der Waals surface area contributed by atoms with E-state index in [1.807, 2.05) is 0 Å². The summed E-state index contributed by atoms with van der Waals surface area (Å²) in [5.41, 5.74) is -0.269.